The highest BCUT2D eigenvalue weighted by molar-refractivity contribution is 7.89. The van der Waals surface area contributed by atoms with Gasteiger partial charge in [0.2, 0.25) is 10.0 Å². The summed E-state index contributed by atoms with van der Waals surface area (Å²) < 4.78 is 33.5. The van der Waals surface area contributed by atoms with E-state index in [-0.39, 0.29) is 11.3 Å². The molecule has 0 bridgehead atoms. The molecule has 0 spiro atoms. The number of hydrogen-bond acceptors (Lipinski definition) is 4. The summed E-state index contributed by atoms with van der Waals surface area (Å²) in [5.41, 5.74) is 1.58. The number of H-pyrrole nitrogens is 1. The molecule has 1 aromatic heterocycles. The molecule has 0 aliphatic carbocycles. The number of carboxylic acids is 1. The van der Waals surface area contributed by atoms with Crippen molar-refractivity contribution >= 4 is 26.9 Å². The zero-order valence-corrected chi connectivity index (χ0v) is 17.2. The number of ether oxygens (including phenoxy) is 1. The maximum Gasteiger partial charge on any atom is 0.322 e. The minimum Gasteiger partial charge on any atom is -0.480 e. The van der Waals surface area contributed by atoms with Gasteiger partial charge in [0, 0.05) is 23.5 Å². The summed E-state index contributed by atoms with van der Waals surface area (Å²) in [7, 11) is -4.05. The predicted molar refractivity (Wildman–Crippen MR) is 117 cm³/mol. The second-order valence-electron chi connectivity index (χ2n) is 6.96. The molecule has 4 rings (SSSR count). The van der Waals surface area contributed by atoms with Gasteiger partial charge in [0.05, 0.1) is 4.90 Å². The van der Waals surface area contributed by atoms with Gasteiger partial charge in [-0.05, 0) is 48.0 Å². The number of benzene rings is 3. The fourth-order valence-electron chi connectivity index (χ4n) is 3.27. The molecule has 0 saturated carbocycles. The minimum atomic E-state index is -4.05. The van der Waals surface area contributed by atoms with Crippen molar-refractivity contribution in [2.45, 2.75) is 17.4 Å². The topological polar surface area (TPSA) is 108 Å². The Morgan fingerprint density at radius 2 is 1.58 bits per heavy atom. The van der Waals surface area contributed by atoms with Crippen molar-refractivity contribution in [1.29, 1.82) is 0 Å². The average molecular weight is 436 g/mol. The summed E-state index contributed by atoms with van der Waals surface area (Å²) >= 11 is 0. The number of aromatic nitrogens is 1. The van der Waals surface area contributed by atoms with Crippen LogP contribution < -0.4 is 9.46 Å². The van der Waals surface area contributed by atoms with E-state index in [1.807, 2.05) is 42.5 Å². The fraction of sp³-hybridized carbons (Fsp3) is 0.0870. The Morgan fingerprint density at radius 1 is 0.935 bits per heavy atom. The zero-order chi connectivity index (χ0) is 21.8. The van der Waals surface area contributed by atoms with Gasteiger partial charge in [0.15, 0.2) is 0 Å². The summed E-state index contributed by atoms with van der Waals surface area (Å²) in [5, 5.41) is 10.5. The number of fused-ring (bicyclic) bond motifs is 1. The van der Waals surface area contributed by atoms with Crippen LogP contribution in [0.25, 0.3) is 10.9 Å². The summed E-state index contributed by atoms with van der Waals surface area (Å²) in [5.74, 6) is -0.155. The molecule has 0 fully saturated rings. The molecule has 3 N–H and O–H groups in total. The third-order valence-corrected chi connectivity index (χ3v) is 6.29. The summed E-state index contributed by atoms with van der Waals surface area (Å²) in [4.78, 5) is 14.8. The van der Waals surface area contributed by atoms with E-state index in [2.05, 4.69) is 9.71 Å². The molecule has 0 saturated heterocycles. The molecule has 0 amide bonds. The minimum absolute atomic E-state index is 0.00772. The van der Waals surface area contributed by atoms with Gasteiger partial charge < -0.3 is 14.8 Å². The molecule has 8 heteroatoms. The van der Waals surface area contributed by atoms with Crippen LogP contribution in [-0.2, 0) is 21.2 Å². The number of nitrogens with one attached hydrogen (secondary N) is 2. The van der Waals surface area contributed by atoms with Gasteiger partial charge in [-0.2, -0.15) is 4.72 Å². The van der Waals surface area contributed by atoms with E-state index < -0.39 is 22.0 Å². The van der Waals surface area contributed by atoms with E-state index in [4.69, 9.17) is 4.74 Å². The molecule has 1 heterocycles. The number of aliphatic carboxylic acids is 1. The maximum atomic E-state index is 12.8. The summed E-state index contributed by atoms with van der Waals surface area (Å²) in [6.45, 7) is 0. The van der Waals surface area contributed by atoms with Crippen molar-refractivity contribution < 1.29 is 23.1 Å². The van der Waals surface area contributed by atoms with E-state index in [1.54, 1.807) is 18.3 Å². The van der Waals surface area contributed by atoms with Crippen LogP contribution in [0.5, 0.6) is 11.5 Å². The van der Waals surface area contributed by atoms with E-state index in [0.717, 1.165) is 16.5 Å². The second-order valence-corrected chi connectivity index (χ2v) is 8.68. The monoisotopic (exact) mass is 436 g/mol. The van der Waals surface area contributed by atoms with Crippen molar-refractivity contribution in [2.75, 3.05) is 0 Å². The third kappa shape index (κ3) is 4.76. The Balaban J connectivity index is 1.51. The predicted octanol–water partition coefficient (Wildman–Crippen LogP) is 3.93. The maximum absolute atomic E-state index is 12.8. The second kappa shape index (κ2) is 8.63. The lowest BCUT2D eigenvalue weighted by Gasteiger charge is -2.15. The molecule has 0 radical (unpaired) electrons. The Morgan fingerprint density at radius 3 is 2.29 bits per heavy atom. The van der Waals surface area contributed by atoms with Crippen molar-refractivity contribution in [2.24, 2.45) is 0 Å². The molecule has 7 nitrogen and oxygen atoms in total. The van der Waals surface area contributed by atoms with E-state index in [1.165, 1.54) is 24.3 Å². The highest BCUT2D eigenvalue weighted by atomic mass is 32.2. The number of carbonyl (C=O) groups is 1. The zero-order valence-electron chi connectivity index (χ0n) is 16.4. The van der Waals surface area contributed by atoms with Crippen molar-refractivity contribution in [3.05, 3.63) is 90.6 Å². The fourth-order valence-corrected chi connectivity index (χ4v) is 4.46. The lowest BCUT2D eigenvalue weighted by molar-refractivity contribution is -0.138. The number of sulfonamides is 1. The molecule has 0 aliphatic rings. The van der Waals surface area contributed by atoms with E-state index in [0.29, 0.717) is 11.5 Å². The lowest BCUT2D eigenvalue weighted by atomic mass is 10.1. The van der Waals surface area contributed by atoms with E-state index in [9.17, 15) is 18.3 Å². The number of aromatic amines is 1. The number of hydrogen-bond donors (Lipinski definition) is 3. The molecule has 31 heavy (non-hydrogen) atoms. The first kappa shape index (κ1) is 20.6. The van der Waals surface area contributed by atoms with Crippen molar-refractivity contribution in [1.82, 2.24) is 9.71 Å². The van der Waals surface area contributed by atoms with Crippen molar-refractivity contribution in [3.63, 3.8) is 0 Å². The lowest BCUT2D eigenvalue weighted by Crippen LogP contribution is -2.42. The molecule has 1 atom stereocenters. The first-order valence-corrected chi connectivity index (χ1v) is 11.0. The van der Waals surface area contributed by atoms with Gasteiger partial charge in [0.1, 0.15) is 17.5 Å². The Bertz CT molecular complexity index is 1300. The highest BCUT2D eigenvalue weighted by Crippen LogP contribution is 2.23. The van der Waals surface area contributed by atoms with Gasteiger partial charge in [0.25, 0.3) is 0 Å². The number of rotatable bonds is 8. The largest absolute Gasteiger partial charge is 0.480 e. The Hall–Kier alpha value is -3.62. The first-order chi connectivity index (χ1) is 14.9. The summed E-state index contributed by atoms with van der Waals surface area (Å²) in [6.07, 6.45) is 1.71. The standard InChI is InChI=1S/C23H20N2O5S/c26-23(27)22(14-16-15-24-21-9-5-4-8-20(16)21)25-31(28,29)19-12-10-18(11-13-19)30-17-6-2-1-3-7-17/h1-13,15,22,24-25H,14H2,(H,26,27)/t22-/m1/s1. The highest BCUT2D eigenvalue weighted by Gasteiger charge is 2.26. The van der Waals surface area contributed by atoms with Crippen LogP contribution in [0.15, 0.2) is 90.0 Å². The summed E-state index contributed by atoms with van der Waals surface area (Å²) in [6, 6.07) is 21.0. The molecule has 0 aliphatic heterocycles. The van der Waals surface area contributed by atoms with Crippen LogP contribution in [0, 0.1) is 0 Å². The van der Waals surface area contributed by atoms with E-state index >= 15 is 0 Å². The molecular formula is C23H20N2O5S. The van der Waals surface area contributed by atoms with Crippen molar-refractivity contribution in [3.8, 4) is 11.5 Å². The van der Waals surface area contributed by atoms with Crippen LogP contribution in [0.3, 0.4) is 0 Å². The van der Waals surface area contributed by atoms with Crippen LogP contribution in [0.2, 0.25) is 0 Å². The van der Waals surface area contributed by atoms with Gasteiger partial charge in [-0.15, -0.1) is 0 Å². The molecular weight excluding hydrogens is 416 g/mol. The normalized spacial score (nSPS) is 12.5. The Kier molecular flexibility index (Phi) is 5.75. The van der Waals surface area contributed by atoms with Gasteiger partial charge in [-0.3, -0.25) is 4.79 Å². The smallest absolute Gasteiger partial charge is 0.322 e. The first-order valence-electron chi connectivity index (χ1n) is 9.55. The SMILES string of the molecule is O=C(O)[C@@H](Cc1c[nH]c2ccccc12)NS(=O)(=O)c1ccc(Oc2ccccc2)cc1. The molecule has 0 unspecified atom stereocenters. The Labute approximate surface area is 179 Å². The molecule has 3 aromatic carbocycles. The van der Waals surface area contributed by atoms with Gasteiger partial charge >= 0.3 is 5.97 Å². The van der Waals surface area contributed by atoms with Crippen LogP contribution >= 0.6 is 0 Å². The molecule has 4 aromatic rings. The van der Waals surface area contributed by atoms with Gasteiger partial charge in [-0.1, -0.05) is 36.4 Å². The van der Waals surface area contributed by atoms with Crippen LogP contribution in [0.4, 0.5) is 0 Å². The number of carboxylic acid groups (broad SMARTS) is 1. The van der Waals surface area contributed by atoms with Gasteiger partial charge in [-0.25, -0.2) is 8.42 Å². The van der Waals surface area contributed by atoms with Crippen LogP contribution in [0.1, 0.15) is 5.56 Å². The number of para-hydroxylation sites is 2. The average Bonchev–Trinajstić information content (AvgIpc) is 3.17. The quantitative estimate of drug-likeness (QED) is 0.388. The third-order valence-electron chi connectivity index (χ3n) is 4.81. The van der Waals surface area contributed by atoms with Crippen LogP contribution in [-0.4, -0.2) is 30.5 Å². The molecule has 158 valence electrons.